The Kier molecular flexibility index (Phi) is 9.44. The zero-order chi connectivity index (χ0) is 22.3. The molecule has 0 bridgehead atoms. The van der Waals surface area contributed by atoms with Crippen LogP contribution in [0.25, 0.3) is 0 Å². The van der Waals surface area contributed by atoms with Gasteiger partial charge in [0.05, 0.1) is 0 Å². The Balaban J connectivity index is 0.00000120. The van der Waals surface area contributed by atoms with Crippen LogP contribution in [0, 0.1) is 0 Å². The minimum atomic E-state index is -0.324. The number of para-hydroxylation sites is 2. The molecule has 2 aromatic carbocycles. The number of fused-ring (bicyclic) bond motifs is 4. The summed E-state index contributed by atoms with van der Waals surface area (Å²) in [5.41, 5.74) is 5.31. The number of carbonyl (C=O) groups excluding carboxylic acids is 1. The third-order valence-corrected chi connectivity index (χ3v) is 8.26. The number of piperidine rings is 2. The second-order valence-corrected chi connectivity index (χ2v) is 10.1. The van der Waals surface area contributed by atoms with Crippen molar-refractivity contribution >= 4 is 47.9 Å². The smallest absolute Gasteiger partial charge is 0.273 e. The van der Waals surface area contributed by atoms with Gasteiger partial charge in [0, 0.05) is 44.0 Å². The topological polar surface area (TPSA) is 70.6 Å². The molecule has 0 aromatic heterocycles. The lowest BCUT2D eigenvalue weighted by molar-refractivity contribution is -0.128. The van der Waals surface area contributed by atoms with E-state index in [0.717, 1.165) is 77.1 Å². The maximum Gasteiger partial charge on any atom is 0.273 e. The van der Waals surface area contributed by atoms with Crippen LogP contribution in [0.4, 0.5) is 11.4 Å². The highest BCUT2D eigenvalue weighted by molar-refractivity contribution is 6.06. The highest BCUT2D eigenvalue weighted by Crippen LogP contribution is 2.39. The predicted molar refractivity (Wildman–Crippen MR) is 151 cm³/mol. The van der Waals surface area contributed by atoms with E-state index in [1.807, 2.05) is 0 Å². The maximum absolute atomic E-state index is 12.9. The molecule has 36 heavy (non-hydrogen) atoms. The summed E-state index contributed by atoms with van der Waals surface area (Å²) in [6.45, 7) is 5.11. The van der Waals surface area contributed by atoms with Crippen LogP contribution in [-0.4, -0.2) is 65.3 Å². The molecule has 4 aliphatic heterocycles. The third-order valence-electron chi connectivity index (χ3n) is 8.26. The monoisotopic (exact) mass is 532 g/mol. The number of hydrogen-bond donors (Lipinski definition) is 0. The molecule has 8 heteroatoms. The number of likely N-dealkylation sites (tertiary alicyclic amines) is 1. The van der Waals surface area contributed by atoms with Gasteiger partial charge in [0.25, 0.3) is 5.91 Å². The van der Waals surface area contributed by atoms with Gasteiger partial charge in [-0.1, -0.05) is 36.4 Å². The first-order valence-electron chi connectivity index (χ1n) is 12.8. The molecule has 0 radical (unpaired) electrons. The number of rotatable bonds is 4. The van der Waals surface area contributed by atoms with Gasteiger partial charge in [-0.15, -0.1) is 24.8 Å². The molecule has 1 spiro atoms. The molecule has 2 aromatic rings. The standard InChI is InChI=1S/C28H34N4O.2ClH.H2O/c33-27-28(32-19-6-5-12-26(32)29-27)15-20-30(21-16-28)17-7-18-31-24-10-3-1-8-22(24)13-14-23-9-2-4-11-25(23)31;;;/h1-4,8-11H,5-7,12-21H2;2*1H;1H2. The van der Waals surface area contributed by atoms with Crippen LogP contribution in [0.2, 0.25) is 0 Å². The van der Waals surface area contributed by atoms with E-state index in [4.69, 9.17) is 0 Å². The van der Waals surface area contributed by atoms with Gasteiger partial charge in [-0.25, -0.2) is 0 Å². The molecule has 6 nitrogen and oxygen atoms in total. The Morgan fingerprint density at radius 3 is 2.03 bits per heavy atom. The van der Waals surface area contributed by atoms with Gasteiger partial charge in [0.1, 0.15) is 11.4 Å². The summed E-state index contributed by atoms with van der Waals surface area (Å²) in [6, 6.07) is 17.8. The molecular weight excluding hydrogens is 495 g/mol. The van der Waals surface area contributed by atoms with Gasteiger partial charge in [0.15, 0.2) is 0 Å². The van der Waals surface area contributed by atoms with E-state index in [-0.39, 0.29) is 41.7 Å². The first-order chi connectivity index (χ1) is 16.2. The second kappa shape index (κ2) is 12.0. The predicted octanol–water partition coefficient (Wildman–Crippen LogP) is 4.59. The Labute approximate surface area is 226 Å². The van der Waals surface area contributed by atoms with Crippen LogP contribution in [0.3, 0.4) is 0 Å². The lowest BCUT2D eigenvalue weighted by Gasteiger charge is -2.45. The molecule has 0 unspecified atom stereocenters. The number of amidine groups is 1. The molecule has 2 fully saturated rings. The number of nitrogens with zero attached hydrogens (tertiary/aromatic N) is 4. The highest BCUT2D eigenvalue weighted by atomic mass is 35.5. The fraction of sp³-hybridized carbons (Fsp3) is 0.500. The van der Waals surface area contributed by atoms with Gasteiger partial charge in [-0.2, -0.15) is 4.99 Å². The van der Waals surface area contributed by atoms with Gasteiger partial charge >= 0.3 is 0 Å². The molecule has 0 atom stereocenters. The van der Waals surface area contributed by atoms with Crippen molar-refractivity contribution in [2.45, 2.75) is 56.9 Å². The maximum atomic E-state index is 12.9. The van der Waals surface area contributed by atoms with Crippen LogP contribution < -0.4 is 4.90 Å². The van der Waals surface area contributed by atoms with Crippen LogP contribution in [0.1, 0.15) is 49.7 Å². The zero-order valence-electron chi connectivity index (χ0n) is 20.8. The summed E-state index contributed by atoms with van der Waals surface area (Å²) in [6.07, 6.45) is 8.52. The fourth-order valence-corrected chi connectivity index (χ4v) is 6.42. The van der Waals surface area contributed by atoms with Gasteiger partial charge in [-0.3, -0.25) is 4.79 Å². The summed E-state index contributed by atoms with van der Waals surface area (Å²) in [7, 11) is 0. The molecular formula is C28H38Cl2N4O2. The minimum Gasteiger partial charge on any atom is -0.412 e. The molecule has 6 rings (SSSR count). The largest absolute Gasteiger partial charge is 0.412 e. The summed E-state index contributed by atoms with van der Waals surface area (Å²) in [5, 5.41) is 0. The van der Waals surface area contributed by atoms with E-state index < -0.39 is 0 Å². The van der Waals surface area contributed by atoms with E-state index in [1.165, 1.54) is 35.3 Å². The normalized spacial score (nSPS) is 20.1. The van der Waals surface area contributed by atoms with E-state index in [0.29, 0.717) is 0 Å². The molecule has 4 aliphatic rings. The number of aliphatic imine (C=N–C) groups is 1. The molecule has 196 valence electrons. The molecule has 4 heterocycles. The van der Waals surface area contributed by atoms with Gasteiger partial charge < -0.3 is 20.2 Å². The molecule has 2 N–H and O–H groups in total. The average Bonchev–Trinajstić information content (AvgIpc) is 3.02. The summed E-state index contributed by atoms with van der Waals surface area (Å²) >= 11 is 0. The van der Waals surface area contributed by atoms with Crippen molar-refractivity contribution in [2.75, 3.05) is 37.6 Å². The number of benzene rings is 2. The van der Waals surface area contributed by atoms with Crippen molar-refractivity contribution in [2.24, 2.45) is 4.99 Å². The Hall–Kier alpha value is -2.12. The molecule has 0 saturated carbocycles. The number of anilines is 2. The number of amides is 1. The summed E-state index contributed by atoms with van der Waals surface area (Å²) in [4.78, 5) is 24.8. The van der Waals surface area contributed by atoms with Crippen LogP contribution in [0.5, 0.6) is 0 Å². The van der Waals surface area contributed by atoms with Crippen molar-refractivity contribution in [3.8, 4) is 0 Å². The lowest BCUT2D eigenvalue weighted by atomic mass is 9.84. The van der Waals surface area contributed by atoms with Crippen LogP contribution >= 0.6 is 24.8 Å². The Morgan fingerprint density at radius 2 is 1.39 bits per heavy atom. The number of hydrogen-bond acceptors (Lipinski definition) is 4. The van der Waals surface area contributed by atoms with Gasteiger partial charge in [0.2, 0.25) is 0 Å². The van der Waals surface area contributed by atoms with E-state index >= 15 is 0 Å². The number of halogens is 2. The quantitative estimate of drug-likeness (QED) is 0.577. The van der Waals surface area contributed by atoms with Crippen LogP contribution in [-0.2, 0) is 17.6 Å². The van der Waals surface area contributed by atoms with Crippen molar-refractivity contribution < 1.29 is 10.3 Å². The number of aryl methyl sites for hydroxylation is 2. The van der Waals surface area contributed by atoms with Crippen molar-refractivity contribution in [1.29, 1.82) is 0 Å². The zero-order valence-corrected chi connectivity index (χ0v) is 22.5. The molecule has 1 amide bonds. The fourth-order valence-electron chi connectivity index (χ4n) is 6.42. The Bertz CT molecular complexity index is 1040. The summed E-state index contributed by atoms with van der Waals surface area (Å²) < 4.78 is 0. The van der Waals surface area contributed by atoms with Crippen molar-refractivity contribution in [3.63, 3.8) is 0 Å². The highest BCUT2D eigenvalue weighted by Gasteiger charge is 2.51. The van der Waals surface area contributed by atoms with E-state index in [2.05, 4.69) is 68.2 Å². The minimum absolute atomic E-state index is 0. The Morgan fingerprint density at radius 1 is 0.778 bits per heavy atom. The molecule has 2 saturated heterocycles. The molecule has 0 aliphatic carbocycles. The van der Waals surface area contributed by atoms with E-state index in [1.54, 1.807) is 0 Å². The first kappa shape index (κ1) is 28.5. The van der Waals surface area contributed by atoms with Crippen molar-refractivity contribution in [3.05, 3.63) is 59.7 Å². The van der Waals surface area contributed by atoms with E-state index in [9.17, 15) is 4.79 Å². The second-order valence-electron chi connectivity index (χ2n) is 10.1. The van der Waals surface area contributed by atoms with Gasteiger partial charge in [-0.05, 0) is 74.8 Å². The SMILES string of the molecule is Cl.Cl.O.O=C1N=C2CCCCN2C12CCN(CCCN1c3ccccc3CCc3ccccc31)CC2. The number of carbonyl (C=O) groups is 1. The lowest BCUT2D eigenvalue weighted by Crippen LogP contribution is -2.58. The summed E-state index contributed by atoms with van der Waals surface area (Å²) in [5.74, 6) is 1.20. The van der Waals surface area contributed by atoms with Crippen molar-refractivity contribution in [1.82, 2.24) is 9.80 Å². The third kappa shape index (κ3) is 5.01. The van der Waals surface area contributed by atoms with Crippen LogP contribution in [0.15, 0.2) is 53.5 Å². The first-order valence-corrected chi connectivity index (χ1v) is 12.8. The average molecular weight is 534 g/mol.